The predicted molar refractivity (Wildman–Crippen MR) is 64.9 cm³/mol. The molecule has 3 N–H and O–H groups in total. The van der Waals surface area contributed by atoms with Crippen molar-refractivity contribution in [3.63, 3.8) is 0 Å². The number of rotatable bonds is 5. The molecule has 0 aliphatic heterocycles. The average Bonchev–Trinajstić information content (AvgIpc) is 2.29. The number of ether oxygens (including phenoxy) is 1. The lowest BCUT2D eigenvalue weighted by Gasteiger charge is -2.08. The molecule has 0 saturated heterocycles. The first kappa shape index (κ1) is 12.8. The molecule has 0 atom stereocenters. The standard InChI is InChI=1S/C11H15ClN2O2/c1-16-8-4-5-9(12)10(7-8)14-11(15)3-2-6-13/h4-5,7H,2-3,6,13H2,1H3,(H,14,15). The van der Waals surface area contributed by atoms with E-state index in [-0.39, 0.29) is 5.91 Å². The summed E-state index contributed by atoms with van der Waals surface area (Å²) in [4.78, 5) is 11.5. The number of nitrogens with two attached hydrogens (primary N) is 1. The van der Waals surface area contributed by atoms with E-state index in [0.717, 1.165) is 0 Å². The number of halogens is 1. The molecule has 4 nitrogen and oxygen atoms in total. The lowest BCUT2D eigenvalue weighted by molar-refractivity contribution is -0.116. The van der Waals surface area contributed by atoms with E-state index in [1.54, 1.807) is 25.3 Å². The Labute approximate surface area is 99.7 Å². The molecule has 5 heteroatoms. The molecule has 1 aromatic carbocycles. The van der Waals surface area contributed by atoms with Gasteiger partial charge in [-0.1, -0.05) is 11.6 Å². The quantitative estimate of drug-likeness (QED) is 0.830. The lowest BCUT2D eigenvalue weighted by atomic mass is 10.2. The third kappa shape index (κ3) is 3.72. The Morgan fingerprint density at radius 1 is 1.56 bits per heavy atom. The number of nitrogens with one attached hydrogen (secondary N) is 1. The molecule has 1 amide bonds. The van der Waals surface area contributed by atoms with Crippen molar-refractivity contribution in [1.29, 1.82) is 0 Å². The summed E-state index contributed by atoms with van der Waals surface area (Å²) < 4.78 is 5.04. The van der Waals surface area contributed by atoms with Gasteiger partial charge < -0.3 is 15.8 Å². The van der Waals surface area contributed by atoms with Gasteiger partial charge in [0.15, 0.2) is 0 Å². The molecule has 1 aromatic rings. The second kappa shape index (κ2) is 6.35. The van der Waals surface area contributed by atoms with Crippen LogP contribution in [0.1, 0.15) is 12.8 Å². The Bertz CT molecular complexity index is 369. The smallest absolute Gasteiger partial charge is 0.224 e. The number of benzene rings is 1. The first-order valence-corrected chi connectivity index (χ1v) is 5.38. The molecule has 0 spiro atoms. The zero-order chi connectivity index (χ0) is 12.0. The molecule has 0 heterocycles. The highest BCUT2D eigenvalue weighted by molar-refractivity contribution is 6.33. The second-order valence-electron chi connectivity index (χ2n) is 3.29. The Balaban J connectivity index is 2.68. The van der Waals surface area contributed by atoms with Crippen molar-refractivity contribution in [1.82, 2.24) is 0 Å². The normalized spacial score (nSPS) is 9.94. The molecule has 1 rings (SSSR count). The fourth-order valence-electron chi connectivity index (χ4n) is 1.20. The monoisotopic (exact) mass is 242 g/mol. The van der Waals surface area contributed by atoms with Crippen molar-refractivity contribution in [3.05, 3.63) is 23.2 Å². The fourth-order valence-corrected chi connectivity index (χ4v) is 1.37. The molecular weight excluding hydrogens is 228 g/mol. The van der Waals surface area contributed by atoms with Gasteiger partial charge in [0.25, 0.3) is 0 Å². The number of hydrogen-bond donors (Lipinski definition) is 2. The summed E-state index contributed by atoms with van der Waals surface area (Å²) in [6.45, 7) is 0.499. The zero-order valence-electron chi connectivity index (χ0n) is 9.13. The summed E-state index contributed by atoms with van der Waals surface area (Å²) in [5.74, 6) is 0.555. The Hall–Kier alpha value is -1.26. The van der Waals surface area contributed by atoms with E-state index < -0.39 is 0 Å². The van der Waals surface area contributed by atoms with Crippen LogP contribution in [0.2, 0.25) is 5.02 Å². The average molecular weight is 243 g/mol. The van der Waals surface area contributed by atoms with Crippen LogP contribution in [-0.2, 0) is 4.79 Å². The SMILES string of the molecule is COc1ccc(Cl)c(NC(=O)CCCN)c1. The van der Waals surface area contributed by atoms with Crippen LogP contribution in [0.15, 0.2) is 18.2 Å². The Morgan fingerprint density at radius 2 is 2.31 bits per heavy atom. The Kier molecular flexibility index (Phi) is 5.08. The number of anilines is 1. The first-order chi connectivity index (χ1) is 7.67. The molecule has 0 aliphatic rings. The van der Waals surface area contributed by atoms with E-state index in [0.29, 0.717) is 35.8 Å². The largest absolute Gasteiger partial charge is 0.497 e. The summed E-state index contributed by atoms with van der Waals surface area (Å²) in [6.07, 6.45) is 1.05. The highest BCUT2D eigenvalue weighted by Gasteiger charge is 2.06. The maximum atomic E-state index is 11.5. The molecule has 0 radical (unpaired) electrons. The summed E-state index contributed by atoms with van der Waals surface area (Å²) in [6, 6.07) is 5.10. The molecule has 0 fully saturated rings. The number of methoxy groups -OCH3 is 1. The topological polar surface area (TPSA) is 64.3 Å². The van der Waals surface area contributed by atoms with Crippen LogP contribution in [-0.4, -0.2) is 19.6 Å². The van der Waals surface area contributed by atoms with Gasteiger partial charge in [-0.3, -0.25) is 4.79 Å². The van der Waals surface area contributed by atoms with Crippen molar-refractivity contribution >= 4 is 23.2 Å². The lowest BCUT2D eigenvalue weighted by Crippen LogP contribution is -2.13. The van der Waals surface area contributed by atoms with Gasteiger partial charge in [-0.05, 0) is 25.1 Å². The molecule has 16 heavy (non-hydrogen) atoms. The number of carbonyl (C=O) groups excluding carboxylic acids is 1. The van der Waals surface area contributed by atoms with Crippen LogP contribution in [0.5, 0.6) is 5.75 Å². The maximum Gasteiger partial charge on any atom is 0.224 e. The number of hydrogen-bond acceptors (Lipinski definition) is 3. The fraction of sp³-hybridized carbons (Fsp3) is 0.364. The van der Waals surface area contributed by atoms with Crippen LogP contribution < -0.4 is 15.8 Å². The minimum atomic E-state index is -0.0967. The van der Waals surface area contributed by atoms with E-state index in [1.165, 1.54) is 0 Å². The summed E-state index contributed by atoms with van der Waals surface area (Å²) in [5.41, 5.74) is 5.88. The molecule has 0 saturated carbocycles. The summed E-state index contributed by atoms with van der Waals surface area (Å²) in [5, 5.41) is 3.20. The van der Waals surface area contributed by atoms with Crippen molar-refractivity contribution in [3.8, 4) is 5.75 Å². The van der Waals surface area contributed by atoms with Crippen molar-refractivity contribution < 1.29 is 9.53 Å². The van der Waals surface area contributed by atoms with Crippen molar-refractivity contribution in [2.75, 3.05) is 19.0 Å². The van der Waals surface area contributed by atoms with Crippen LogP contribution >= 0.6 is 11.6 Å². The highest BCUT2D eigenvalue weighted by Crippen LogP contribution is 2.26. The van der Waals surface area contributed by atoms with Crippen molar-refractivity contribution in [2.45, 2.75) is 12.8 Å². The van der Waals surface area contributed by atoms with Crippen LogP contribution in [0.4, 0.5) is 5.69 Å². The highest BCUT2D eigenvalue weighted by atomic mass is 35.5. The minimum absolute atomic E-state index is 0.0967. The van der Waals surface area contributed by atoms with Gasteiger partial charge in [-0.25, -0.2) is 0 Å². The van der Waals surface area contributed by atoms with Crippen LogP contribution in [0, 0.1) is 0 Å². The van der Waals surface area contributed by atoms with Gasteiger partial charge in [-0.2, -0.15) is 0 Å². The Morgan fingerprint density at radius 3 is 2.94 bits per heavy atom. The molecule has 0 unspecified atom stereocenters. The van der Waals surface area contributed by atoms with Gasteiger partial charge in [-0.15, -0.1) is 0 Å². The molecular formula is C11H15ClN2O2. The van der Waals surface area contributed by atoms with E-state index in [9.17, 15) is 4.79 Å². The van der Waals surface area contributed by atoms with E-state index in [2.05, 4.69) is 5.32 Å². The van der Waals surface area contributed by atoms with Crippen LogP contribution in [0.3, 0.4) is 0 Å². The van der Waals surface area contributed by atoms with Crippen LogP contribution in [0.25, 0.3) is 0 Å². The maximum absolute atomic E-state index is 11.5. The van der Waals surface area contributed by atoms with Gasteiger partial charge in [0.05, 0.1) is 17.8 Å². The number of amides is 1. The van der Waals surface area contributed by atoms with E-state index in [4.69, 9.17) is 22.1 Å². The first-order valence-electron chi connectivity index (χ1n) is 5.01. The summed E-state index contributed by atoms with van der Waals surface area (Å²) in [7, 11) is 1.56. The molecule has 0 aliphatic carbocycles. The third-order valence-corrected chi connectivity index (χ3v) is 2.39. The van der Waals surface area contributed by atoms with Gasteiger partial charge in [0.1, 0.15) is 5.75 Å². The zero-order valence-corrected chi connectivity index (χ0v) is 9.88. The third-order valence-electron chi connectivity index (χ3n) is 2.06. The summed E-state index contributed by atoms with van der Waals surface area (Å²) >= 11 is 5.94. The van der Waals surface area contributed by atoms with Gasteiger partial charge in [0, 0.05) is 12.5 Å². The molecule has 88 valence electrons. The van der Waals surface area contributed by atoms with Gasteiger partial charge in [0.2, 0.25) is 5.91 Å². The number of carbonyl (C=O) groups is 1. The van der Waals surface area contributed by atoms with Crippen molar-refractivity contribution in [2.24, 2.45) is 5.73 Å². The van der Waals surface area contributed by atoms with E-state index >= 15 is 0 Å². The minimum Gasteiger partial charge on any atom is -0.497 e. The predicted octanol–water partition coefficient (Wildman–Crippen LogP) is 2.03. The second-order valence-corrected chi connectivity index (χ2v) is 3.69. The molecule has 0 aromatic heterocycles. The molecule has 0 bridgehead atoms. The van der Waals surface area contributed by atoms with Gasteiger partial charge >= 0.3 is 0 Å². The van der Waals surface area contributed by atoms with E-state index in [1.807, 2.05) is 0 Å².